The molecule has 12 heteroatoms. The van der Waals surface area contributed by atoms with Gasteiger partial charge in [-0.3, -0.25) is 24.3 Å². The molecule has 1 saturated heterocycles. The van der Waals surface area contributed by atoms with Gasteiger partial charge in [-0.2, -0.15) is 0 Å². The van der Waals surface area contributed by atoms with Crippen molar-refractivity contribution < 1.29 is 32.6 Å². The molecule has 0 spiro atoms. The first kappa shape index (κ1) is 27.1. The number of pyridine rings is 1. The first-order valence-electron chi connectivity index (χ1n) is 12.4. The lowest BCUT2D eigenvalue weighted by Crippen LogP contribution is -2.48. The van der Waals surface area contributed by atoms with Crippen LogP contribution >= 0.6 is 0 Å². The van der Waals surface area contributed by atoms with E-state index in [4.69, 9.17) is 4.74 Å². The fourth-order valence-electron chi connectivity index (χ4n) is 5.08. The van der Waals surface area contributed by atoms with Gasteiger partial charge in [0.15, 0.2) is 15.6 Å². The van der Waals surface area contributed by atoms with Gasteiger partial charge in [0, 0.05) is 43.7 Å². The van der Waals surface area contributed by atoms with Crippen LogP contribution < -0.4 is 5.32 Å². The number of aromatic hydroxyl groups is 1. The zero-order valence-corrected chi connectivity index (χ0v) is 22.2. The monoisotopic (exact) mass is 534 g/mol. The Hall–Kier alpha value is -2.99. The van der Waals surface area contributed by atoms with E-state index in [1.54, 1.807) is 4.90 Å². The number of rotatable bonds is 7. The maximum atomic E-state index is 14.1. The topological polar surface area (TPSA) is 146 Å². The molecule has 37 heavy (non-hydrogen) atoms. The summed E-state index contributed by atoms with van der Waals surface area (Å²) in [6.45, 7) is 7.53. The van der Waals surface area contributed by atoms with Gasteiger partial charge in [0.05, 0.1) is 31.2 Å². The van der Waals surface area contributed by atoms with Gasteiger partial charge in [0.25, 0.3) is 0 Å². The summed E-state index contributed by atoms with van der Waals surface area (Å²) in [7, 11) is -4.08. The minimum atomic E-state index is -4.08. The number of nitrogens with one attached hydrogen (secondary N) is 1. The van der Waals surface area contributed by atoms with Crippen LogP contribution in [0.25, 0.3) is 0 Å². The van der Waals surface area contributed by atoms with E-state index in [1.807, 2.05) is 20.8 Å². The van der Waals surface area contributed by atoms with Gasteiger partial charge < -0.3 is 20.1 Å². The fraction of sp³-hybridized carbons (Fsp3) is 0.600. The Bertz CT molecular complexity index is 1220. The van der Waals surface area contributed by atoms with Crippen molar-refractivity contribution in [1.29, 1.82) is 0 Å². The van der Waals surface area contributed by atoms with Crippen molar-refractivity contribution >= 4 is 27.4 Å². The van der Waals surface area contributed by atoms with Crippen LogP contribution in [0.2, 0.25) is 0 Å². The molecule has 0 saturated carbocycles. The molecule has 0 bridgehead atoms. The number of Topliss-reactive ketones (excluding diaryl/α,β-unsaturated/α-hetero) is 1. The second-order valence-electron chi connectivity index (χ2n) is 10.9. The lowest BCUT2D eigenvalue weighted by Gasteiger charge is -2.34. The number of ether oxygens (including phenoxy) is 1. The van der Waals surface area contributed by atoms with E-state index < -0.39 is 32.8 Å². The molecule has 2 amide bonds. The predicted octanol–water partition coefficient (Wildman–Crippen LogP) is 0.946. The van der Waals surface area contributed by atoms with Crippen molar-refractivity contribution in [2.45, 2.75) is 51.2 Å². The van der Waals surface area contributed by atoms with E-state index in [0.717, 1.165) is 4.90 Å². The zero-order chi connectivity index (χ0) is 27.0. The molecule has 4 heterocycles. The van der Waals surface area contributed by atoms with E-state index in [1.165, 1.54) is 18.3 Å². The van der Waals surface area contributed by atoms with E-state index in [-0.39, 0.29) is 53.6 Å². The summed E-state index contributed by atoms with van der Waals surface area (Å²) < 4.78 is 32.5. The van der Waals surface area contributed by atoms with Crippen molar-refractivity contribution in [3.05, 3.63) is 35.4 Å². The van der Waals surface area contributed by atoms with Crippen LogP contribution in [0, 0.1) is 11.3 Å². The van der Waals surface area contributed by atoms with Crippen molar-refractivity contribution in [3.63, 3.8) is 0 Å². The lowest BCUT2D eigenvalue weighted by atomic mass is 9.82. The Morgan fingerprint density at radius 1 is 1.27 bits per heavy atom. The zero-order valence-electron chi connectivity index (χ0n) is 21.4. The maximum Gasteiger partial charge on any atom is 0.231 e. The molecule has 202 valence electrons. The summed E-state index contributed by atoms with van der Waals surface area (Å²) in [5, 5.41) is 11.7. The SMILES string of the molecule is CC(C)(C)CC(CC(=O)N1CCOCC1)C(=O)N1C2=C(CC1S(=O)(=O)Cc1ncccc1O)NCC2=O. The van der Waals surface area contributed by atoms with Gasteiger partial charge in [0.2, 0.25) is 11.8 Å². The second kappa shape index (κ2) is 10.4. The summed E-state index contributed by atoms with van der Waals surface area (Å²) in [5.74, 6) is -2.81. The Morgan fingerprint density at radius 3 is 2.62 bits per heavy atom. The molecular weight excluding hydrogens is 500 g/mol. The van der Waals surface area contributed by atoms with Crippen molar-refractivity contribution in [3.8, 4) is 5.75 Å². The maximum absolute atomic E-state index is 14.1. The van der Waals surface area contributed by atoms with E-state index in [9.17, 15) is 27.9 Å². The third kappa shape index (κ3) is 5.96. The normalized spacial score (nSPS) is 21.2. The highest BCUT2D eigenvalue weighted by atomic mass is 32.2. The molecule has 11 nitrogen and oxygen atoms in total. The highest BCUT2D eigenvalue weighted by Crippen LogP contribution is 2.39. The highest BCUT2D eigenvalue weighted by Gasteiger charge is 2.50. The molecule has 0 aromatic carbocycles. The molecule has 0 radical (unpaired) electrons. The summed E-state index contributed by atoms with van der Waals surface area (Å²) in [5.41, 5.74) is 0.0944. The van der Waals surface area contributed by atoms with Crippen molar-refractivity contribution in [1.82, 2.24) is 20.1 Å². The van der Waals surface area contributed by atoms with Crippen molar-refractivity contribution in [2.75, 3.05) is 32.8 Å². The summed E-state index contributed by atoms with van der Waals surface area (Å²) in [6, 6.07) is 2.83. The molecule has 3 aliphatic rings. The number of sulfone groups is 1. The molecule has 1 aromatic heterocycles. The number of aromatic nitrogens is 1. The number of ketones is 1. The van der Waals surface area contributed by atoms with Gasteiger partial charge in [-0.25, -0.2) is 8.42 Å². The molecule has 1 aromatic rings. The van der Waals surface area contributed by atoms with Gasteiger partial charge in [0.1, 0.15) is 16.8 Å². The van der Waals surface area contributed by atoms with Crippen LogP contribution in [0.15, 0.2) is 29.7 Å². The Balaban J connectivity index is 1.66. The van der Waals surface area contributed by atoms with E-state index in [2.05, 4.69) is 10.3 Å². The number of morpholine rings is 1. The molecule has 3 aliphatic heterocycles. The van der Waals surface area contributed by atoms with Gasteiger partial charge >= 0.3 is 0 Å². The minimum absolute atomic E-state index is 0.0150. The Labute approximate surface area is 216 Å². The first-order chi connectivity index (χ1) is 17.4. The molecule has 1 fully saturated rings. The van der Waals surface area contributed by atoms with E-state index >= 15 is 0 Å². The molecule has 2 N–H and O–H groups in total. The average Bonchev–Trinajstić information content (AvgIpc) is 3.39. The first-order valence-corrected chi connectivity index (χ1v) is 14.1. The van der Waals surface area contributed by atoms with Crippen LogP contribution in [0.3, 0.4) is 0 Å². The second-order valence-corrected chi connectivity index (χ2v) is 13.1. The number of hydrogen-bond acceptors (Lipinski definition) is 9. The molecular formula is C25H34N4O7S. The Morgan fingerprint density at radius 2 is 1.97 bits per heavy atom. The number of carbonyl (C=O) groups is 3. The van der Waals surface area contributed by atoms with Gasteiger partial charge in [-0.05, 0) is 24.0 Å². The van der Waals surface area contributed by atoms with Crippen LogP contribution in [0.1, 0.15) is 45.7 Å². The predicted molar refractivity (Wildman–Crippen MR) is 133 cm³/mol. The standard InChI is InChI=1S/C25H34N4O7S/c1-25(2,3)13-16(11-21(32)28-7-9-36-10-8-28)24(33)29-22(12-17-23(29)20(31)14-27-17)37(34,35)15-18-19(30)5-4-6-26-18/h4-6,16,22,27,30H,7-15H2,1-3H3. The van der Waals surface area contributed by atoms with E-state index in [0.29, 0.717) is 38.4 Å². The molecule has 0 aliphatic carbocycles. The average molecular weight is 535 g/mol. The Kier molecular flexibility index (Phi) is 7.61. The van der Waals surface area contributed by atoms with Gasteiger partial charge in [-0.1, -0.05) is 20.8 Å². The molecule has 2 atom stereocenters. The molecule has 2 unspecified atom stereocenters. The van der Waals surface area contributed by atoms with Crippen LogP contribution in [0.5, 0.6) is 5.75 Å². The third-order valence-corrected chi connectivity index (χ3v) is 8.65. The van der Waals surface area contributed by atoms with Crippen LogP contribution in [-0.2, 0) is 34.7 Å². The fourth-order valence-corrected chi connectivity index (χ4v) is 6.83. The summed E-state index contributed by atoms with van der Waals surface area (Å²) in [6.07, 6.45) is 1.55. The number of carbonyl (C=O) groups excluding carboxylic acids is 3. The minimum Gasteiger partial charge on any atom is -0.506 e. The van der Waals surface area contributed by atoms with Crippen LogP contribution in [0.4, 0.5) is 0 Å². The number of amides is 2. The number of nitrogens with zero attached hydrogens (tertiary/aromatic N) is 3. The smallest absolute Gasteiger partial charge is 0.231 e. The number of hydrogen-bond donors (Lipinski definition) is 2. The highest BCUT2D eigenvalue weighted by molar-refractivity contribution is 7.91. The summed E-state index contributed by atoms with van der Waals surface area (Å²) in [4.78, 5) is 46.7. The molecule has 4 rings (SSSR count). The van der Waals surface area contributed by atoms with Crippen LogP contribution in [-0.4, -0.2) is 84.1 Å². The largest absolute Gasteiger partial charge is 0.506 e. The van der Waals surface area contributed by atoms with Gasteiger partial charge in [-0.15, -0.1) is 0 Å². The third-order valence-electron chi connectivity index (χ3n) is 6.77. The lowest BCUT2D eigenvalue weighted by molar-refractivity contribution is -0.143. The van der Waals surface area contributed by atoms with Crippen molar-refractivity contribution in [2.24, 2.45) is 11.3 Å². The summed E-state index contributed by atoms with van der Waals surface area (Å²) >= 11 is 0. The quantitative estimate of drug-likeness (QED) is 0.522.